The fraction of sp³-hybridized carbons (Fsp3) is 0.235. The number of ether oxygens (including phenoxy) is 1. The van der Waals surface area contributed by atoms with E-state index in [-0.39, 0.29) is 11.7 Å². The van der Waals surface area contributed by atoms with Gasteiger partial charge >= 0.3 is 0 Å². The van der Waals surface area contributed by atoms with E-state index in [0.717, 1.165) is 15.7 Å². The third-order valence-corrected chi connectivity index (χ3v) is 5.33. The molecule has 2 atom stereocenters. The normalized spacial score (nSPS) is 24.2. The van der Waals surface area contributed by atoms with Crippen LogP contribution in [0, 0.1) is 10.1 Å². The molecule has 1 fully saturated rings. The summed E-state index contributed by atoms with van der Waals surface area (Å²) in [4.78, 5) is 12.6. The summed E-state index contributed by atoms with van der Waals surface area (Å²) in [5, 5.41) is 14.9. The number of non-ortho nitro benzene ring substituents is 1. The Morgan fingerprint density at radius 3 is 2.92 bits per heavy atom. The first-order valence-electron chi connectivity index (χ1n) is 7.71. The van der Waals surface area contributed by atoms with Gasteiger partial charge < -0.3 is 10.1 Å². The molecule has 0 amide bonds. The van der Waals surface area contributed by atoms with Gasteiger partial charge in [0.15, 0.2) is 10.8 Å². The van der Waals surface area contributed by atoms with Crippen LogP contribution in [0.3, 0.4) is 0 Å². The highest BCUT2D eigenvalue weighted by Crippen LogP contribution is 2.46. The monoisotopic (exact) mass is 419 g/mol. The molecule has 2 aliphatic rings. The molecule has 2 bridgehead atoms. The maximum atomic E-state index is 11.1. The van der Waals surface area contributed by atoms with Crippen LogP contribution in [-0.2, 0) is 0 Å². The Kier molecular flexibility index (Phi) is 3.69. The number of nitro groups is 1. The van der Waals surface area contributed by atoms with Crippen molar-refractivity contribution in [3.63, 3.8) is 0 Å². The first-order chi connectivity index (χ1) is 11.9. The molecule has 2 heterocycles. The molecule has 0 saturated carbocycles. The number of nitro benzene ring substituents is 1. The first kappa shape index (κ1) is 16.3. The van der Waals surface area contributed by atoms with Crippen molar-refractivity contribution in [1.82, 2.24) is 5.32 Å². The molecule has 2 unspecified atom stereocenters. The van der Waals surface area contributed by atoms with E-state index in [1.165, 1.54) is 6.07 Å². The molecule has 1 saturated heterocycles. The van der Waals surface area contributed by atoms with Gasteiger partial charge in [0.1, 0.15) is 5.75 Å². The zero-order chi connectivity index (χ0) is 17.8. The van der Waals surface area contributed by atoms with Gasteiger partial charge in [-0.05, 0) is 43.4 Å². The Morgan fingerprint density at radius 1 is 1.40 bits per heavy atom. The lowest BCUT2D eigenvalue weighted by Gasteiger charge is -2.52. The van der Waals surface area contributed by atoms with Gasteiger partial charge in [0.25, 0.3) is 5.69 Å². The summed E-state index contributed by atoms with van der Waals surface area (Å²) in [5.74, 6) is 0.638. The van der Waals surface area contributed by atoms with Crippen molar-refractivity contribution in [2.24, 2.45) is 0 Å². The van der Waals surface area contributed by atoms with E-state index in [0.29, 0.717) is 17.3 Å². The molecule has 0 aliphatic carbocycles. The lowest BCUT2D eigenvalue weighted by atomic mass is 9.90. The molecule has 128 valence electrons. The van der Waals surface area contributed by atoms with Crippen LogP contribution in [0.5, 0.6) is 5.75 Å². The standard InChI is InChI=1S/C17H14BrN3O3S/c1-17-9-14(13-8-12(21(22)23)5-6-15(13)24-17)19-16(25)20(17)11-4-2-3-10(18)7-11/h2-8,14H,9H2,1H3,(H,19,25). The average Bonchev–Trinajstić information content (AvgIpc) is 2.53. The molecule has 6 nitrogen and oxygen atoms in total. The predicted molar refractivity (Wildman–Crippen MR) is 102 cm³/mol. The summed E-state index contributed by atoms with van der Waals surface area (Å²) in [5.41, 5.74) is 1.06. The van der Waals surface area contributed by atoms with Crippen molar-refractivity contribution in [3.05, 3.63) is 62.6 Å². The zero-order valence-corrected chi connectivity index (χ0v) is 15.6. The van der Waals surface area contributed by atoms with Gasteiger partial charge in [-0.1, -0.05) is 22.0 Å². The van der Waals surface area contributed by atoms with Crippen LogP contribution in [0.15, 0.2) is 46.9 Å². The second kappa shape index (κ2) is 5.67. The van der Waals surface area contributed by atoms with E-state index in [1.807, 2.05) is 36.1 Å². The van der Waals surface area contributed by atoms with Crippen LogP contribution in [0.25, 0.3) is 0 Å². The Balaban J connectivity index is 1.79. The average molecular weight is 420 g/mol. The smallest absolute Gasteiger partial charge is 0.270 e. The van der Waals surface area contributed by atoms with Gasteiger partial charge in [-0.15, -0.1) is 0 Å². The van der Waals surface area contributed by atoms with Crippen LogP contribution in [0.2, 0.25) is 0 Å². The van der Waals surface area contributed by atoms with Gasteiger partial charge in [-0.2, -0.15) is 0 Å². The number of hydrogen-bond donors (Lipinski definition) is 1. The number of hydrogen-bond acceptors (Lipinski definition) is 4. The minimum atomic E-state index is -0.670. The highest BCUT2D eigenvalue weighted by atomic mass is 79.9. The molecule has 8 heteroatoms. The van der Waals surface area contributed by atoms with Gasteiger partial charge in [0.2, 0.25) is 0 Å². The predicted octanol–water partition coefficient (Wildman–Crippen LogP) is 4.29. The van der Waals surface area contributed by atoms with Crippen molar-refractivity contribution < 1.29 is 9.66 Å². The van der Waals surface area contributed by atoms with E-state index in [1.54, 1.807) is 12.1 Å². The molecule has 0 spiro atoms. The molecule has 4 rings (SSSR count). The van der Waals surface area contributed by atoms with Crippen molar-refractivity contribution in [2.75, 3.05) is 4.90 Å². The fourth-order valence-corrected chi connectivity index (χ4v) is 4.31. The molecule has 2 aromatic rings. The maximum Gasteiger partial charge on any atom is 0.270 e. The summed E-state index contributed by atoms with van der Waals surface area (Å²) in [6.07, 6.45) is 0.619. The number of halogens is 1. The van der Waals surface area contributed by atoms with Gasteiger partial charge in [0.05, 0.1) is 11.0 Å². The number of thiocarbonyl (C=S) groups is 1. The molecular formula is C17H14BrN3O3S. The number of nitrogens with zero attached hydrogens (tertiary/aromatic N) is 2. The maximum absolute atomic E-state index is 11.1. The summed E-state index contributed by atoms with van der Waals surface area (Å²) < 4.78 is 7.21. The van der Waals surface area contributed by atoms with Crippen molar-refractivity contribution in [2.45, 2.75) is 25.1 Å². The van der Waals surface area contributed by atoms with Crippen LogP contribution < -0.4 is 15.0 Å². The van der Waals surface area contributed by atoms with Gasteiger partial charge in [-0.3, -0.25) is 15.0 Å². The van der Waals surface area contributed by atoms with Crippen LogP contribution in [0.4, 0.5) is 11.4 Å². The van der Waals surface area contributed by atoms with Crippen LogP contribution >= 0.6 is 28.1 Å². The number of fused-ring (bicyclic) bond motifs is 4. The van der Waals surface area contributed by atoms with Crippen molar-refractivity contribution in [1.29, 1.82) is 0 Å². The summed E-state index contributed by atoms with van der Waals surface area (Å²) in [6, 6.07) is 12.4. The van der Waals surface area contributed by atoms with Crippen molar-refractivity contribution in [3.8, 4) is 5.75 Å². The highest BCUT2D eigenvalue weighted by Gasteiger charge is 2.48. The van der Waals surface area contributed by atoms with Crippen LogP contribution in [-0.4, -0.2) is 15.8 Å². The summed E-state index contributed by atoms with van der Waals surface area (Å²) >= 11 is 9.06. The largest absolute Gasteiger partial charge is 0.467 e. The third-order valence-electron chi connectivity index (χ3n) is 4.53. The lowest BCUT2D eigenvalue weighted by molar-refractivity contribution is -0.385. The molecule has 0 radical (unpaired) electrons. The second-order valence-corrected chi connectivity index (χ2v) is 7.58. The minimum absolute atomic E-state index is 0.0492. The third kappa shape index (κ3) is 2.65. The molecule has 0 aromatic heterocycles. The Hall–Kier alpha value is -2.19. The zero-order valence-electron chi connectivity index (χ0n) is 13.2. The molecule has 2 aliphatic heterocycles. The van der Waals surface area contributed by atoms with Crippen LogP contribution in [0.1, 0.15) is 24.9 Å². The number of nitrogens with one attached hydrogen (secondary N) is 1. The number of rotatable bonds is 2. The number of benzene rings is 2. The fourth-order valence-electron chi connectivity index (χ4n) is 3.48. The topological polar surface area (TPSA) is 67.6 Å². The van der Waals surface area contributed by atoms with Crippen molar-refractivity contribution >= 4 is 44.6 Å². The molecular weight excluding hydrogens is 406 g/mol. The van der Waals surface area contributed by atoms with E-state index < -0.39 is 10.6 Å². The van der Waals surface area contributed by atoms with E-state index in [2.05, 4.69) is 21.2 Å². The number of anilines is 1. The van der Waals surface area contributed by atoms with E-state index in [4.69, 9.17) is 17.0 Å². The second-order valence-electron chi connectivity index (χ2n) is 6.28. The Bertz CT molecular complexity index is 906. The molecule has 1 N–H and O–H groups in total. The van der Waals surface area contributed by atoms with E-state index >= 15 is 0 Å². The van der Waals surface area contributed by atoms with Gasteiger partial charge in [0, 0.05) is 34.3 Å². The SMILES string of the molecule is CC12CC(NC(=S)N1c1cccc(Br)c1)c1cc([N+](=O)[O-])ccc1O2. The van der Waals surface area contributed by atoms with E-state index in [9.17, 15) is 10.1 Å². The lowest BCUT2D eigenvalue weighted by Crippen LogP contribution is -2.65. The van der Waals surface area contributed by atoms with Gasteiger partial charge in [-0.25, -0.2) is 0 Å². The Labute approximate surface area is 158 Å². The Morgan fingerprint density at radius 2 is 2.20 bits per heavy atom. The minimum Gasteiger partial charge on any atom is -0.467 e. The summed E-state index contributed by atoms with van der Waals surface area (Å²) in [6.45, 7) is 1.98. The quantitative estimate of drug-likeness (QED) is 0.444. The first-order valence-corrected chi connectivity index (χ1v) is 8.91. The molecule has 25 heavy (non-hydrogen) atoms. The summed E-state index contributed by atoms with van der Waals surface area (Å²) in [7, 11) is 0. The highest BCUT2D eigenvalue weighted by molar-refractivity contribution is 9.10. The molecule has 2 aromatic carbocycles.